The van der Waals surface area contributed by atoms with Gasteiger partial charge in [-0.25, -0.2) is 9.97 Å². The highest BCUT2D eigenvalue weighted by Gasteiger charge is 2.26. The third kappa shape index (κ3) is 4.16. The Labute approximate surface area is 128 Å². The number of rotatable bonds is 7. The molecule has 21 heavy (non-hydrogen) atoms. The quantitative estimate of drug-likeness (QED) is 0.834. The molecular formula is C17H28N4. The summed E-state index contributed by atoms with van der Waals surface area (Å²) in [5.41, 5.74) is 0. The fourth-order valence-corrected chi connectivity index (χ4v) is 3.18. The molecule has 1 aromatic heterocycles. The van der Waals surface area contributed by atoms with Crippen molar-refractivity contribution in [3.63, 3.8) is 0 Å². The molecule has 3 rings (SSSR count). The molecule has 1 aromatic rings. The summed E-state index contributed by atoms with van der Waals surface area (Å²) in [5, 5.41) is 3.55. The lowest BCUT2D eigenvalue weighted by Gasteiger charge is -2.36. The van der Waals surface area contributed by atoms with Crippen LogP contribution in [0.4, 0.5) is 5.82 Å². The van der Waals surface area contributed by atoms with Gasteiger partial charge < -0.3 is 5.32 Å². The van der Waals surface area contributed by atoms with Crippen molar-refractivity contribution >= 4 is 5.82 Å². The van der Waals surface area contributed by atoms with Crippen molar-refractivity contribution in [3.05, 3.63) is 18.1 Å². The number of aromatic nitrogens is 2. The maximum atomic E-state index is 4.67. The number of nitrogens with zero attached hydrogens (tertiary/aromatic N) is 3. The van der Waals surface area contributed by atoms with Gasteiger partial charge in [-0.2, -0.15) is 0 Å². The van der Waals surface area contributed by atoms with Crippen LogP contribution in [-0.2, 0) is 0 Å². The molecule has 1 saturated carbocycles. The van der Waals surface area contributed by atoms with Gasteiger partial charge in [0, 0.05) is 24.7 Å². The smallest absolute Gasteiger partial charge is 0.133 e. The first-order chi connectivity index (χ1) is 10.4. The fourth-order valence-electron chi connectivity index (χ4n) is 3.18. The number of anilines is 1. The zero-order valence-electron chi connectivity index (χ0n) is 13.2. The van der Waals surface area contributed by atoms with Crippen molar-refractivity contribution in [3.8, 4) is 0 Å². The Kier molecular flexibility index (Phi) is 5.07. The topological polar surface area (TPSA) is 41.0 Å². The first-order valence-corrected chi connectivity index (χ1v) is 8.67. The van der Waals surface area contributed by atoms with Gasteiger partial charge in [0.2, 0.25) is 0 Å². The van der Waals surface area contributed by atoms with Crippen LogP contribution in [0, 0.1) is 0 Å². The summed E-state index contributed by atoms with van der Waals surface area (Å²) in [6, 6.07) is 2.68. The van der Waals surface area contributed by atoms with Crippen LogP contribution in [0.25, 0.3) is 0 Å². The minimum atomic E-state index is 0.627. The van der Waals surface area contributed by atoms with E-state index >= 15 is 0 Å². The lowest BCUT2D eigenvalue weighted by atomic mass is 10.0. The van der Waals surface area contributed by atoms with E-state index < -0.39 is 0 Å². The highest BCUT2D eigenvalue weighted by molar-refractivity contribution is 5.34. The Balaban J connectivity index is 1.53. The molecule has 2 heterocycles. The molecule has 1 aliphatic carbocycles. The van der Waals surface area contributed by atoms with E-state index in [-0.39, 0.29) is 0 Å². The highest BCUT2D eigenvalue weighted by Crippen LogP contribution is 2.38. The molecule has 0 amide bonds. The van der Waals surface area contributed by atoms with Crippen molar-refractivity contribution in [2.75, 3.05) is 25.0 Å². The maximum absolute atomic E-state index is 4.67. The summed E-state index contributed by atoms with van der Waals surface area (Å²) in [6.45, 7) is 5.81. The molecule has 2 fully saturated rings. The molecule has 4 heteroatoms. The molecule has 0 bridgehead atoms. The van der Waals surface area contributed by atoms with Gasteiger partial charge in [-0.3, -0.25) is 4.90 Å². The summed E-state index contributed by atoms with van der Waals surface area (Å²) in [5.74, 6) is 2.67. The van der Waals surface area contributed by atoms with Gasteiger partial charge in [0.1, 0.15) is 11.6 Å². The summed E-state index contributed by atoms with van der Waals surface area (Å²) >= 11 is 0. The van der Waals surface area contributed by atoms with Crippen molar-refractivity contribution in [1.29, 1.82) is 0 Å². The van der Waals surface area contributed by atoms with Crippen LogP contribution in [0.3, 0.4) is 0 Å². The Morgan fingerprint density at radius 3 is 3.00 bits per heavy atom. The van der Waals surface area contributed by atoms with Gasteiger partial charge in [-0.15, -0.1) is 0 Å². The van der Waals surface area contributed by atoms with E-state index in [1.807, 2.05) is 12.3 Å². The van der Waals surface area contributed by atoms with Crippen LogP contribution in [0.5, 0.6) is 0 Å². The zero-order valence-corrected chi connectivity index (χ0v) is 13.2. The predicted octanol–water partition coefficient (Wildman–Crippen LogP) is 3.42. The third-order valence-corrected chi connectivity index (χ3v) is 4.68. The van der Waals surface area contributed by atoms with E-state index in [4.69, 9.17) is 0 Å². The highest BCUT2D eigenvalue weighted by atomic mass is 15.2. The van der Waals surface area contributed by atoms with Gasteiger partial charge >= 0.3 is 0 Å². The number of nitrogens with one attached hydrogen (secondary N) is 1. The molecule has 1 unspecified atom stereocenters. The second kappa shape index (κ2) is 7.21. The summed E-state index contributed by atoms with van der Waals surface area (Å²) < 4.78 is 0. The minimum absolute atomic E-state index is 0.627. The van der Waals surface area contributed by atoms with Gasteiger partial charge in [0.15, 0.2) is 0 Å². The largest absolute Gasteiger partial charge is 0.368 e. The predicted molar refractivity (Wildman–Crippen MR) is 86.6 cm³/mol. The zero-order chi connectivity index (χ0) is 14.5. The number of unbranched alkanes of at least 4 members (excludes halogenated alkanes) is 1. The van der Waals surface area contributed by atoms with Crippen molar-refractivity contribution in [2.45, 2.75) is 63.8 Å². The molecule has 1 aliphatic heterocycles. The van der Waals surface area contributed by atoms with E-state index in [1.54, 1.807) is 0 Å². The first kappa shape index (κ1) is 14.8. The maximum Gasteiger partial charge on any atom is 0.133 e. The molecule has 1 saturated heterocycles. The monoisotopic (exact) mass is 288 g/mol. The lowest BCUT2D eigenvalue weighted by Crippen LogP contribution is -2.44. The van der Waals surface area contributed by atoms with Crippen LogP contribution in [-0.4, -0.2) is 40.5 Å². The Bertz CT molecular complexity index is 444. The average molecular weight is 288 g/mol. The van der Waals surface area contributed by atoms with Crippen molar-refractivity contribution in [1.82, 2.24) is 14.9 Å². The SMILES string of the molecule is CCCCN1CCCCC1CNc1ccnc(C2CC2)n1. The molecule has 1 N–H and O–H groups in total. The summed E-state index contributed by atoms with van der Waals surface area (Å²) in [4.78, 5) is 11.7. The fraction of sp³-hybridized carbons (Fsp3) is 0.765. The number of hydrogen-bond acceptors (Lipinski definition) is 4. The van der Waals surface area contributed by atoms with E-state index in [0.29, 0.717) is 12.0 Å². The molecule has 0 aromatic carbocycles. The molecular weight excluding hydrogens is 260 g/mol. The third-order valence-electron chi connectivity index (χ3n) is 4.68. The van der Waals surface area contributed by atoms with Crippen LogP contribution in [0.1, 0.15) is 63.6 Å². The van der Waals surface area contributed by atoms with E-state index in [2.05, 4.69) is 27.1 Å². The van der Waals surface area contributed by atoms with Crippen LogP contribution in [0.2, 0.25) is 0 Å². The van der Waals surface area contributed by atoms with Gasteiger partial charge in [0.05, 0.1) is 0 Å². The molecule has 1 atom stereocenters. The summed E-state index contributed by atoms with van der Waals surface area (Å²) in [7, 11) is 0. The Morgan fingerprint density at radius 2 is 2.19 bits per heavy atom. The molecule has 2 aliphatic rings. The second-order valence-electron chi connectivity index (χ2n) is 6.49. The van der Waals surface area contributed by atoms with Crippen LogP contribution < -0.4 is 5.32 Å². The van der Waals surface area contributed by atoms with Crippen molar-refractivity contribution in [2.24, 2.45) is 0 Å². The normalized spacial score (nSPS) is 23.2. The number of likely N-dealkylation sites (tertiary alicyclic amines) is 1. The summed E-state index contributed by atoms with van der Waals surface area (Å²) in [6.07, 6.45) is 11.1. The van der Waals surface area contributed by atoms with E-state index in [1.165, 1.54) is 58.0 Å². The van der Waals surface area contributed by atoms with Gasteiger partial charge in [-0.1, -0.05) is 19.8 Å². The average Bonchev–Trinajstić information content (AvgIpc) is 3.37. The Hall–Kier alpha value is -1.16. The molecule has 0 spiro atoms. The minimum Gasteiger partial charge on any atom is -0.368 e. The Morgan fingerprint density at radius 1 is 1.29 bits per heavy atom. The van der Waals surface area contributed by atoms with Gasteiger partial charge in [-0.05, 0) is 51.3 Å². The van der Waals surface area contributed by atoms with Crippen LogP contribution >= 0.6 is 0 Å². The second-order valence-corrected chi connectivity index (χ2v) is 6.49. The van der Waals surface area contributed by atoms with Crippen LogP contribution in [0.15, 0.2) is 12.3 Å². The van der Waals surface area contributed by atoms with E-state index in [9.17, 15) is 0 Å². The lowest BCUT2D eigenvalue weighted by molar-refractivity contribution is 0.154. The molecule has 4 nitrogen and oxygen atoms in total. The molecule has 0 radical (unpaired) electrons. The number of piperidine rings is 1. The first-order valence-electron chi connectivity index (χ1n) is 8.67. The van der Waals surface area contributed by atoms with Gasteiger partial charge in [0.25, 0.3) is 0 Å². The number of hydrogen-bond donors (Lipinski definition) is 1. The van der Waals surface area contributed by atoms with E-state index in [0.717, 1.165) is 18.2 Å². The standard InChI is InChI=1S/C17H28N4/c1-2-3-11-21-12-5-4-6-15(21)13-19-16-9-10-18-17(20-16)14-7-8-14/h9-10,14-15H,2-8,11-13H2,1H3,(H,18,19,20). The molecule has 116 valence electrons. The van der Waals surface area contributed by atoms with Crippen molar-refractivity contribution < 1.29 is 0 Å².